The van der Waals surface area contributed by atoms with Gasteiger partial charge in [-0.2, -0.15) is 9.67 Å². The molecule has 1 atom stereocenters. The molecular weight excluding hydrogens is 372 g/mol. The second kappa shape index (κ2) is 8.39. The summed E-state index contributed by atoms with van der Waals surface area (Å²) in [5.41, 5.74) is 2.06. The molecule has 29 heavy (non-hydrogen) atoms. The molecule has 0 unspecified atom stereocenters. The summed E-state index contributed by atoms with van der Waals surface area (Å²) in [7, 11) is 3.48. The van der Waals surface area contributed by atoms with Gasteiger partial charge in [0.2, 0.25) is 11.9 Å². The number of nitrogens with zero attached hydrogens (tertiary/aromatic N) is 6. The highest BCUT2D eigenvalue weighted by Crippen LogP contribution is 2.19. The van der Waals surface area contributed by atoms with Gasteiger partial charge in [0.1, 0.15) is 5.75 Å². The maximum Gasteiger partial charge on any atom is 0.225 e. The number of benzene rings is 1. The first-order chi connectivity index (χ1) is 14.2. The van der Waals surface area contributed by atoms with Crippen molar-refractivity contribution >= 4 is 23.0 Å². The fourth-order valence-corrected chi connectivity index (χ4v) is 3.37. The Morgan fingerprint density at radius 1 is 1.31 bits per heavy atom. The molecule has 1 aliphatic rings. The first-order valence-electron chi connectivity index (χ1n) is 9.59. The summed E-state index contributed by atoms with van der Waals surface area (Å²) in [5.74, 6) is 1.44. The van der Waals surface area contributed by atoms with Crippen molar-refractivity contribution in [2.24, 2.45) is 0 Å². The van der Waals surface area contributed by atoms with E-state index in [9.17, 15) is 4.79 Å². The second-order valence-corrected chi connectivity index (χ2v) is 6.92. The zero-order valence-electron chi connectivity index (χ0n) is 16.5. The fourth-order valence-electron chi connectivity index (χ4n) is 3.37. The first-order valence-corrected chi connectivity index (χ1v) is 9.59. The van der Waals surface area contributed by atoms with Gasteiger partial charge in [-0.05, 0) is 37.7 Å². The Kier molecular flexibility index (Phi) is 5.52. The van der Waals surface area contributed by atoms with Crippen molar-refractivity contribution in [2.45, 2.75) is 18.9 Å². The van der Waals surface area contributed by atoms with Crippen LogP contribution in [-0.4, -0.2) is 75.6 Å². The van der Waals surface area contributed by atoms with Crippen molar-refractivity contribution < 1.29 is 9.53 Å². The van der Waals surface area contributed by atoms with Crippen molar-refractivity contribution in [1.82, 2.24) is 35.2 Å². The average Bonchev–Trinajstić information content (AvgIpc) is 3.39. The topological polar surface area (TPSA) is 110 Å². The van der Waals surface area contributed by atoms with Crippen LogP contribution in [0.1, 0.15) is 12.8 Å². The molecule has 152 valence electrons. The van der Waals surface area contributed by atoms with Crippen molar-refractivity contribution in [2.75, 3.05) is 39.1 Å². The summed E-state index contributed by atoms with van der Waals surface area (Å²) in [4.78, 5) is 23.0. The first kappa shape index (κ1) is 19.1. The number of ether oxygens (including phenoxy) is 1. The van der Waals surface area contributed by atoms with Gasteiger partial charge in [0.05, 0.1) is 19.0 Å². The molecule has 2 aromatic heterocycles. The number of likely N-dealkylation sites (tertiary alicyclic amines) is 1. The molecule has 0 aliphatic carbocycles. The molecule has 0 bridgehead atoms. The van der Waals surface area contributed by atoms with E-state index >= 15 is 0 Å². The van der Waals surface area contributed by atoms with E-state index in [-0.39, 0.29) is 11.9 Å². The lowest BCUT2D eigenvalue weighted by Crippen LogP contribution is -2.33. The number of hydrogen-bond donors (Lipinski definition) is 2. The van der Waals surface area contributed by atoms with E-state index in [2.05, 4.69) is 30.9 Å². The summed E-state index contributed by atoms with van der Waals surface area (Å²) < 4.78 is 6.87. The molecule has 10 nitrogen and oxygen atoms in total. The molecule has 1 saturated heterocycles. The number of anilines is 1. The number of rotatable bonds is 7. The SMILES string of the molecule is CNCCC(=O)N1CC[C@H](Nc2ncc3nnn(-c4ccc(OC)cc4)c3n2)C1. The molecule has 1 aromatic carbocycles. The predicted molar refractivity (Wildman–Crippen MR) is 108 cm³/mol. The molecule has 2 N–H and O–H groups in total. The Morgan fingerprint density at radius 3 is 2.90 bits per heavy atom. The molecule has 1 amide bonds. The lowest BCUT2D eigenvalue weighted by atomic mass is 10.3. The Labute approximate surface area is 168 Å². The van der Waals surface area contributed by atoms with Crippen molar-refractivity contribution in [3.05, 3.63) is 30.5 Å². The Balaban J connectivity index is 1.48. The molecule has 0 radical (unpaired) electrons. The Bertz CT molecular complexity index is 988. The molecule has 4 rings (SSSR count). The van der Waals surface area contributed by atoms with Crippen LogP contribution in [0.5, 0.6) is 5.75 Å². The minimum absolute atomic E-state index is 0.122. The van der Waals surface area contributed by atoms with Crippen LogP contribution in [0.25, 0.3) is 16.9 Å². The van der Waals surface area contributed by atoms with E-state index in [4.69, 9.17) is 4.74 Å². The minimum Gasteiger partial charge on any atom is -0.497 e. The zero-order valence-corrected chi connectivity index (χ0v) is 16.5. The number of methoxy groups -OCH3 is 1. The van der Waals surface area contributed by atoms with E-state index in [0.717, 1.165) is 24.4 Å². The van der Waals surface area contributed by atoms with Crippen molar-refractivity contribution in [1.29, 1.82) is 0 Å². The van der Waals surface area contributed by atoms with Crippen LogP contribution in [0.15, 0.2) is 30.5 Å². The monoisotopic (exact) mass is 396 g/mol. The number of nitrogens with one attached hydrogen (secondary N) is 2. The predicted octanol–water partition coefficient (Wildman–Crippen LogP) is 0.841. The van der Waals surface area contributed by atoms with Gasteiger partial charge in [-0.15, -0.1) is 5.10 Å². The standard InChI is InChI=1S/C19H24N8O2/c1-20-9-7-17(28)26-10-8-13(12-26)22-19-21-11-16-18(23-19)27(25-24-16)14-3-5-15(29-2)6-4-14/h3-6,11,13,20H,7-10,12H2,1-2H3,(H,21,22,23)/t13-/m0/s1. The smallest absolute Gasteiger partial charge is 0.225 e. The van der Waals surface area contributed by atoms with Gasteiger partial charge in [-0.1, -0.05) is 5.21 Å². The average molecular weight is 396 g/mol. The van der Waals surface area contributed by atoms with Gasteiger partial charge < -0.3 is 20.3 Å². The largest absolute Gasteiger partial charge is 0.497 e. The summed E-state index contributed by atoms with van der Waals surface area (Å²) in [6.07, 6.45) is 3.03. The number of fused-ring (bicyclic) bond motifs is 1. The number of aromatic nitrogens is 5. The van der Waals surface area contributed by atoms with E-state index < -0.39 is 0 Å². The maximum atomic E-state index is 12.2. The van der Waals surface area contributed by atoms with Crippen LogP contribution in [0, 0.1) is 0 Å². The summed E-state index contributed by atoms with van der Waals surface area (Å²) in [5, 5.41) is 14.7. The summed E-state index contributed by atoms with van der Waals surface area (Å²) in [6.45, 7) is 2.09. The van der Waals surface area contributed by atoms with Crippen LogP contribution in [0.2, 0.25) is 0 Å². The number of hydrogen-bond acceptors (Lipinski definition) is 8. The second-order valence-electron chi connectivity index (χ2n) is 6.92. The van der Waals surface area contributed by atoms with Crippen LogP contribution in [0.4, 0.5) is 5.95 Å². The fraction of sp³-hybridized carbons (Fsp3) is 0.421. The van der Waals surface area contributed by atoms with Crippen LogP contribution >= 0.6 is 0 Å². The normalized spacial score (nSPS) is 16.3. The van der Waals surface area contributed by atoms with E-state index in [0.29, 0.717) is 36.6 Å². The van der Waals surface area contributed by atoms with Gasteiger partial charge >= 0.3 is 0 Å². The van der Waals surface area contributed by atoms with Gasteiger partial charge in [0, 0.05) is 32.1 Å². The maximum absolute atomic E-state index is 12.2. The molecule has 3 aromatic rings. The van der Waals surface area contributed by atoms with E-state index in [1.54, 1.807) is 18.0 Å². The molecule has 10 heteroatoms. The van der Waals surface area contributed by atoms with Gasteiger partial charge in [0.15, 0.2) is 11.2 Å². The number of carbonyl (C=O) groups is 1. The molecule has 0 spiro atoms. The third kappa shape index (κ3) is 4.11. The quantitative estimate of drug-likeness (QED) is 0.605. The van der Waals surface area contributed by atoms with Gasteiger partial charge in [0.25, 0.3) is 0 Å². The van der Waals surface area contributed by atoms with Crippen LogP contribution in [0.3, 0.4) is 0 Å². The van der Waals surface area contributed by atoms with Crippen LogP contribution in [-0.2, 0) is 4.79 Å². The van der Waals surface area contributed by atoms with E-state index in [1.165, 1.54) is 0 Å². The number of amides is 1. The highest BCUT2D eigenvalue weighted by atomic mass is 16.5. The lowest BCUT2D eigenvalue weighted by molar-refractivity contribution is -0.130. The highest BCUT2D eigenvalue weighted by molar-refractivity contribution is 5.77. The Morgan fingerprint density at radius 2 is 2.14 bits per heavy atom. The zero-order chi connectivity index (χ0) is 20.2. The van der Waals surface area contributed by atoms with Gasteiger partial charge in [-0.25, -0.2) is 4.98 Å². The minimum atomic E-state index is 0.122. The third-order valence-corrected chi connectivity index (χ3v) is 4.97. The van der Waals surface area contributed by atoms with Crippen molar-refractivity contribution in [3.63, 3.8) is 0 Å². The molecule has 3 heterocycles. The van der Waals surface area contributed by atoms with E-state index in [1.807, 2.05) is 36.2 Å². The molecule has 0 saturated carbocycles. The van der Waals surface area contributed by atoms with Crippen molar-refractivity contribution in [3.8, 4) is 11.4 Å². The highest BCUT2D eigenvalue weighted by Gasteiger charge is 2.26. The summed E-state index contributed by atoms with van der Waals surface area (Å²) in [6, 6.07) is 7.64. The van der Waals surface area contributed by atoms with Gasteiger partial charge in [-0.3, -0.25) is 4.79 Å². The summed E-state index contributed by atoms with van der Waals surface area (Å²) >= 11 is 0. The molecular formula is C19H24N8O2. The van der Waals surface area contributed by atoms with Crippen LogP contribution < -0.4 is 15.4 Å². The molecule has 1 aliphatic heterocycles. The lowest BCUT2D eigenvalue weighted by Gasteiger charge is -2.17. The third-order valence-electron chi connectivity index (χ3n) is 4.97. The number of carbonyl (C=O) groups excluding carboxylic acids is 1. The Hall–Kier alpha value is -3.27. The molecule has 1 fully saturated rings.